The molecule has 0 spiro atoms. The first-order chi connectivity index (χ1) is 11.2. The Morgan fingerprint density at radius 3 is 2.65 bits per heavy atom. The Labute approximate surface area is 137 Å². The minimum atomic E-state index is -0.595. The number of ether oxygens (including phenoxy) is 1. The molecule has 0 saturated heterocycles. The van der Waals surface area contributed by atoms with E-state index in [1.807, 2.05) is 42.5 Å². The number of Topliss-reactive ketones (excluding diaryl/α,β-unsaturated/α-hetero) is 1. The number of ketones is 1. The largest absolute Gasteiger partial charge is 0.497 e. The molecule has 1 aliphatic carbocycles. The van der Waals surface area contributed by atoms with Gasteiger partial charge in [-0.2, -0.15) is 0 Å². The molecule has 0 radical (unpaired) electrons. The van der Waals surface area contributed by atoms with Gasteiger partial charge in [-0.05, 0) is 36.1 Å². The minimum absolute atomic E-state index is 0.285. The summed E-state index contributed by atoms with van der Waals surface area (Å²) in [5.41, 5.74) is 1.61. The second kappa shape index (κ2) is 6.97. The van der Waals surface area contributed by atoms with Crippen LogP contribution in [0.25, 0.3) is 0 Å². The minimum Gasteiger partial charge on any atom is -0.497 e. The van der Waals surface area contributed by atoms with Crippen LogP contribution in [0, 0.1) is 0 Å². The fourth-order valence-electron chi connectivity index (χ4n) is 3.36. The Morgan fingerprint density at radius 1 is 1.09 bits per heavy atom. The molecule has 0 heterocycles. The van der Waals surface area contributed by atoms with Gasteiger partial charge in [0.2, 0.25) is 0 Å². The van der Waals surface area contributed by atoms with Crippen molar-refractivity contribution in [2.45, 2.75) is 37.8 Å². The first kappa shape index (κ1) is 15.8. The Kier molecular flexibility index (Phi) is 4.77. The van der Waals surface area contributed by atoms with Crippen LogP contribution in [0.2, 0.25) is 0 Å². The lowest BCUT2D eigenvalue weighted by atomic mass is 9.75. The predicted octanol–water partition coefficient (Wildman–Crippen LogP) is 3.82. The molecule has 120 valence electrons. The van der Waals surface area contributed by atoms with Crippen molar-refractivity contribution >= 4 is 5.78 Å². The summed E-state index contributed by atoms with van der Waals surface area (Å²) in [5.74, 6) is 1.08. The number of hydrogen-bond donors (Lipinski definition) is 1. The zero-order chi connectivity index (χ0) is 16.1. The molecular weight excluding hydrogens is 286 g/mol. The first-order valence-electron chi connectivity index (χ1n) is 8.21. The maximum Gasteiger partial charge on any atom is 0.157 e. The summed E-state index contributed by atoms with van der Waals surface area (Å²) >= 11 is 0. The van der Waals surface area contributed by atoms with Crippen molar-refractivity contribution in [3.05, 3.63) is 65.7 Å². The molecule has 2 aromatic carbocycles. The van der Waals surface area contributed by atoms with Crippen molar-refractivity contribution in [3.63, 3.8) is 0 Å². The lowest BCUT2D eigenvalue weighted by molar-refractivity contribution is -0.128. The van der Waals surface area contributed by atoms with Crippen LogP contribution in [-0.2, 0) is 16.9 Å². The highest BCUT2D eigenvalue weighted by Crippen LogP contribution is 2.36. The maximum absolute atomic E-state index is 12.8. The molecular formula is C20H23NO2. The number of carbonyl (C=O) groups is 1. The van der Waals surface area contributed by atoms with Crippen LogP contribution < -0.4 is 10.1 Å². The normalized spacial score (nSPS) is 21.2. The van der Waals surface area contributed by atoms with Gasteiger partial charge in [0.05, 0.1) is 7.11 Å². The number of hydrogen-bond acceptors (Lipinski definition) is 3. The molecule has 1 aliphatic rings. The van der Waals surface area contributed by atoms with Crippen molar-refractivity contribution in [1.29, 1.82) is 0 Å². The van der Waals surface area contributed by atoms with Crippen molar-refractivity contribution in [2.24, 2.45) is 0 Å². The highest BCUT2D eigenvalue weighted by atomic mass is 16.5. The SMILES string of the molecule is COc1cccc(C2(NCc3ccccc3)CCCCC2=O)c1. The van der Waals surface area contributed by atoms with E-state index in [4.69, 9.17) is 4.74 Å². The van der Waals surface area contributed by atoms with Gasteiger partial charge in [0, 0.05) is 13.0 Å². The van der Waals surface area contributed by atoms with Crippen LogP contribution in [0.4, 0.5) is 0 Å². The molecule has 1 fully saturated rings. The molecule has 2 aromatic rings. The van der Waals surface area contributed by atoms with Crippen LogP contribution in [0.5, 0.6) is 5.75 Å². The summed E-state index contributed by atoms with van der Waals surface area (Å²) < 4.78 is 5.35. The zero-order valence-corrected chi connectivity index (χ0v) is 13.5. The van der Waals surface area contributed by atoms with Gasteiger partial charge in [0.25, 0.3) is 0 Å². The molecule has 0 aromatic heterocycles. The zero-order valence-electron chi connectivity index (χ0n) is 13.5. The molecule has 0 aliphatic heterocycles. The Hall–Kier alpha value is -2.13. The molecule has 3 heteroatoms. The third-order valence-electron chi connectivity index (χ3n) is 4.68. The topological polar surface area (TPSA) is 38.3 Å². The van der Waals surface area contributed by atoms with Gasteiger partial charge < -0.3 is 4.74 Å². The van der Waals surface area contributed by atoms with E-state index in [0.29, 0.717) is 13.0 Å². The number of benzene rings is 2. The van der Waals surface area contributed by atoms with Gasteiger partial charge in [-0.15, -0.1) is 0 Å². The Bertz CT molecular complexity index is 668. The van der Waals surface area contributed by atoms with Gasteiger partial charge in [0.1, 0.15) is 11.3 Å². The highest BCUT2D eigenvalue weighted by molar-refractivity contribution is 5.90. The summed E-state index contributed by atoms with van der Waals surface area (Å²) in [5, 5.41) is 3.56. The molecule has 3 rings (SSSR count). The molecule has 1 saturated carbocycles. The van der Waals surface area contributed by atoms with E-state index in [1.165, 1.54) is 5.56 Å². The van der Waals surface area contributed by atoms with Crippen molar-refractivity contribution in [2.75, 3.05) is 7.11 Å². The highest BCUT2D eigenvalue weighted by Gasteiger charge is 2.41. The predicted molar refractivity (Wildman–Crippen MR) is 91.4 cm³/mol. The third-order valence-corrected chi connectivity index (χ3v) is 4.68. The standard InChI is InChI=1S/C20H23NO2/c1-23-18-11-7-10-17(14-18)20(13-6-5-12-19(20)22)21-15-16-8-3-2-4-9-16/h2-4,7-11,14,21H,5-6,12-13,15H2,1H3. The quantitative estimate of drug-likeness (QED) is 0.912. The summed E-state index contributed by atoms with van der Waals surface area (Å²) in [7, 11) is 1.66. The van der Waals surface area contributed by atoms with Crippen LogP contribution >= 0.6 is 0 Å². The summed E-state index contributed by atoms with van der Waals surface area (Å²) in [6.07, 6.45) is 3.52. The molecule has 1 atom stereocenters. The van der Waals surface area contributed by atoms with E-state index in [9.17, 15) is 4.79 Å². The molecule has 0 amide bonds. The van der Waals surface area contributed by atoms with E-state index in [2.05, 4.69) is 17.4 Å². The Morgan fingerprint density at radius 2 is 1.91 bits per heavy atom. The number of nitrogens with one attached hydrogen (secondary N) is 1. The van der Waals surface area contributed by atoms with E-state index in [0.717, 1.165) is 30.6 Å². The van der Waals surface area contributed by atoms with Crippen molar-refractivity contribution < 1.29 is 9.53 Å². The lowest BCUT2D eigenvalue weighted by Gasteiger charge is -2.37. The summed E-state index contributed by atoms with van der Waals surface area (Å²) in [6.45, 7) is 0.684. The van der Waals surface area contributed by atoms with Crippen molar-refractivity contribution in [3.8, 4) is 5.75 Å². The fourth-order valence-corrected chi connectivity index (χ4v) is 3.36. The van der Waals surface area contributed by atoms with E-state index in [-0.39, 0.29) is 5.78 Å². The fraction of sp³-hybridized carbons (Fsp3) is 0.350. The summed E-state index contributed by atoms with van der Waals surface area (Å²) in [6, 6.07) is 18.1. The van der Waals surface area contributed by atoms with Crippen LogP contribution in [0.15, 0.2) is 54.6 Å². The average Bonchev–Trinajstić information content (AvgIpc) is 2.62. The molecule has 23 heavy (non-hydrogen) atoms. The van der Waals surface area contributed by atoms with Gasteiger partial charge in [-0.25, -0.2) is 0 Å². The Balaban J connectivity index is 1.92. The van der Waals surface area contributed by atoms with Crippen LogP contribution in [0.1, 0.15) is 36.8 Å². The lowest BCUT2D eigenvalue weighted by Crippen LogP contribution is -2.50. The monoisotopic (exact) mass is 309 g/mol. The van der Waals surface area contributed by atoms with Gasteiger partial charge in [-0.3, -0.25) is 10.1 Å². The van der Waals surface area contributed by atoms with E-state index >= 15 is 0 Å². The van der Waals surface area contributed by atoms with Gasteiger partial charge in [-0.1, -0.05) is 48.9 Å². The van der Waals surface area contributed by atoms with Crippen molar-refractivity contribution in [1.82, 2.24) is 5.32 Å². The number of carbonyl (C=O) groups excluding carboxylic acids is 1. The van der Waals surface area contributed by atoms with Crippen LogP contribution in [0.3, 0.4) is 0 Å². The van der Waals surface area contributed by atoms with E-state index < -0.39 is 5.54 Å². The molecule has 1 N–H and O–H groups in total. The second-order valence-electron chi connectivity index (χ2n) is 6.11. The average molecular weight is 309 g/mol. The van der Waals surface area contributed by atoms with Crippen LogP contribution in [-0.4, -0.2) is 12.9 Å². The van der Waals surface area contributed by atoms with Gasteiger partial charge >= 0.3 is 0 Å². The molecule has 3 nitrogen and oxygen atoms in total. The first-order valence-corrected chi connectivity index (χ1v) is 8.21. The number of rotatable bonds is 5. The third kappa shape index (κ3) is 3.30. The molecule has 1 unspecified atom stereocenters. The van der Waals surface area contributed by atoms with Gasteiger partial charge in [0.15, 0.2) is 5.78 Å². The molecule has 0 bridgehead atoms. The smallest absolute Gasteiger partial charge is 0.157 e. The number of methoxy groups -OCH3 is 1. The second-order valence-corrected chi connectivity index (χ2v) is 6.11. The van der Waals surface area contributed by atoms with E-state index in [1.54, 1.807) is 7.11 Å². The summed E-state index contributed by atoms with van der Waals surface area (Å²) in [4.78, 5) is 12.8. The maximum atomic E-state index is 12.8.